The third kappa shape index (κ3) is 4.18. The number of anilines is 1. The van der Waals surface area contributed by atoms with Crippen LogP contribution in [0.1, 0.15) is 56.0 Å². The highest BCUT2D eigenvalue weighted by atomic mass is 32.1. The van der Waals surface area contributed by atoms with E-state index in [1.165, 1.54) is 41.4 Å². The predicted molar refractivity (Wildman–Crippen MR) is 88.3 cm³/mol. The van der Waals surface area contributed by atoms with Crippen molar-refractivity contribution in [2.45, 2.75) is 58.0 Å². The van der Waals surface area contributed by atoms with Crippen LogP contribution in [0.3, 0.4) is 0 Å². The standard InChI is InChI=1S/C16H27N3OS/c1-3-19(9-10-20-4-2)16-18-15(12-5-6-12)14(21-16)11-17-13-7-8-13/h12-13,17H,3-11H2,1-2H3. The molecule has 5 heteroatoms. The van der Waals surface area contributed by atoms with Crippen LogP contribution >= 0.6 is 11.3 Å². The summed E-state index contributed by atoms with van der Waals surface area (Å²) in [5.41, 5.74) is 1.37. The Labute approximate surface area is 131 Å². The average molecular weight is 309 g/mol. The smallest absolute Gasteiger partial charge is 0.185 e. The maximum atomic E-state index is 5.49. The number of likely N-dealkylation sites (N-methyl/N-ethyl adjacent to an activating group) is 1. The number of rotatable bonds is 10. The molecule has 3 rings (SSSR count). The molecule has 4 nitrogen and oxygen atoms in total. The van der Waals surface area contributed by atoms with Crippen LogP contribution in [0.5, 0.6) is 0 Å². The van der Waals surface area contributed by atoms with Crippen molar-refractivity contribution >= 4 is 16.5 Å². The minimum Gasteiger partial charge on any atom is -0.380 e. The van der Waals surface area contributed by atoms with E-state index >= 15 is 0 Å². The first kappa shape index (κ1) is 15.3. The van der Waals surface area contributed by atoms with E-state index < -0.39 is 0 Å². The van der Waals surface area contributed by atoms with Gasteiger partial charge in [0.25, 0.3) is 0 Å². The Morgan fingerprint density at radius 2 is 2.10 bits per heavy atom. The summed E-state index contributed by atoms with van der Waals surface area (Å²) < 4.78 is 5.49. The summed E-state index contributed by atoms with van der Waals surface area (Å²) >= 11 is 1.89. The molecule has 1 aromatic heterocycles. The highest BCUT2D eigenvalue weighted by Crippen LogP contribution is 2.44. The average Bonchev–Trinajstić information content (AvgIpc) is 3.41. The third-order valence-corrected chi connectivity index (χ3v) is 5.30. The summed E-state index contributed by atoms with van der Waals surface area (Å²) in [6.07, 6.45) is 5.34. The van der Waals surface area contributed by atoms with Gasteiger partial charge in [-0.3, -0.25) is 0 Å². The monoisotopic (exact) mass is 309 g/mol. The molecule has 0 bridgehead atoms. The predicted octanol–water partition coefficient (Wildman–Crippen LogP) is 3.14. The van der Waals surface area contributed by atoms with Crippen molar-refractivity contribution in [1.29, 1.82) is 0 Å². The summed E-state index contributed by atoms with van der Waals surface area (Å²) in [6, 6.07) is 0.767. The topological polar surface area (TPSA) is 37.4 Å². The van der Waals surface area contributed by atoms with Gasteiger partial charge in [-0.25, -0.2) is 4.98 Å². The van der Waals surface area contributed by atoms with E-state index in [0.717, 1.165) is 44.8 Å². The zero-order valence-electron chi connectivity index (χ0n) is 13.2. The van der Waals surface area contributed by atoms with Crippen LogP contribution in [0.2, 0.25) is 0 Å². The lowest BCUT2D eigenvalue weighted by molar-refractivity contribution is 0.154. The molecule has 0 amide bonds. The second-order valence-corrected chi connectivity index (χ2v) is 7.07. The molecule has 1 aromatic rings. The van der Waals surface area contributed by atoms with Crippen LogP contribution < -0.4 is 10.2 Å². The van der Waals surface area contributed by atoms with Gasteiger partial charge in [0.05, 0.1) is 12.3 Å². The number of aromatic nitrogens is 1. The van der Waals surface area contributed by atoms with Crippen LogP contribution in [0, 0.1) is 0 Å². The lowest BCUT2D eigenvalue weighted by Gasteiger charge is -2.19. The molecule has 2 aliphatic carbocycles. The summed E-state index contributed by atoms with van der Waals surface area (Å²) in [7, 11) is 0. The Morgan fingerprint density at radius 3 is 2.71 bits per heavy atom. The van der Waals surface area contributed by atoms with Gasteiger partial charge < -0.3 is 15.0 Å². The summed E-state index contributed by atoms with van der Waals surface area (Å²) in [5.74, 6) is 0.733. The molecule has 0 spiro atoms. The molecular formula is C16H27N3OS. The Balaban J connectivity index is 1.66. The highest BCUT2D eigenvalue weighted by Gasteiger charge is 2.31. The van der Waals surface area contributed by atoms with Gasteiger partial charge in [0.15, 0.2) is 5.13 Å². The van der Waals surface area contributed by atoms with Crippen molar-refractivity contribution in [1.82, 2.24) is 10.3 Å². The molecule has 0 aliphatic heterocycles. The van der Waals surface area contributed by atoms with Crippen LogP contribution in [0.4, 0.5) is 5.13 Å². The van der Waals surface area contributed by atoms with Crippen molar-refractivity contribution in [3.8, 4) is 0 Å². The highest BCUT2D eigenvalue weighted by molar-refractivity contribution is 7.15. The maximum Gasteiger partial charge on any atom is 0.185 e. The second-order valence-electron chi connectivity index (χ2n) is 6.01. The largest absolute Gasteiger partial charge is 0.380 e. The van der Waals surface area contributed by atoms with Crippen molar-refractivity contribution in [3.63, 3.8) is 0 Å². The zero-order chi connectivity index (χ0) is 14.7. The molecule has 0 unspecified atom stereocenters. The van der Waals surface area contributed by atoms with Crippen molar-refractivity contribution < 1.29 is 4.74 Å². The van der Waals surface area contributed by atoms with Gasteiger partial charge >= 0.3 is 0 Å². The SMILES string of the molecule is CCOCCN(CC)c1nc(C2CC2)c(CNC2CC2)s1. The summed E-state index contributed by atoms with van der Waals surface area (Å²) in [5, 5.41) is 4.83. The second kappa shape index (κ2) is 7.07. The first-order valence-corrected chi connectivity index (χ1v) is 9.19. The zero-order valence-corrected chi connectivity index (χ0v) is 14.0. The number of hydrogen-bond acceptors (Lipinski definition) is 5. The number of hydrogen-bond donors (Lipinski definition) is 1. The molecule has 118 valence electrons. The fourth-order valence-electron chi connectivity index (χ4n) is 2.52. The van der Waals surface area contributed by atoms with Crippen LogP contribution in [0.15, 0.2) is 0 Å². The lowest BCUT2D eigenvalue weighted by atomic mass is 10.2. The fraction of sp³-hybridized carbons (Fsp3) is 0.812. The number of ether oxygens (including phenoxy) is 1. The van der Waals surface area contributed by atoms with Crippen LogP contribution in [-0.4, -0.2) is 37.3 Å². The molecule has 1 N–H and O–H groups in total. The molecule has 0 aromatic carbocycles. The molecule has 0 saturated heterocycles. The molecule has 2 aliphatic rings. The molecule has 2 fully saturated rings. The van der Waals surface area contributed by atoms with Gasteiger partial charge in [-0.1, -0.05) is 0 Å². The number of nitrogens with one attached hydrogen (secondary N) is 1. The number of thiazole rings is 1. The van der Waals surface area contributed by atoms with Gasteiger partial charge in [-0.05, 0) is 39.5 Å². The van der Waals surface area contributed by atoms with Gasteiger partial charge in [0, 0.05) is 43.1 Å². The molecule has 21 heavy (non-hydrogen) atoms. The van der Waals surface area contributed by atoms with Crippen LogP contribution in [-0.2, 0) is 11.3 Å². The number of nitrogens with zero attached hydrogens (tertiary/aromatic N) is 2. The molecular weight excluding hydrogens is 282 g/mol. The van der Waals surface area contributed by atoms with Crippen molar-refractivity contribution in [3.05, 3.63) is 10.6 Å². The van der Waals surface area contributed by atoms with Crippen molar-refractivity contribution in [2.75, 3.05) is 31.2 Å². The van der Waals surface area contributed by atoms with Gasteiger partial charge in [-0.15, -0.1) is 11.3 Å². The lowest BCUT2D eigenvalue weighted by Crippen LogP contribution is -2.27. The maximum absolute atomic E-state index is 5.49. The third-order valence-electron chi connectivity index (χ3n) is 4.17. The minimum atomic E-state index is 0.733. The van der Waals surface area contributed by atoms with E-state index in [1.807, 2.05) is 18.3 Å². The van der Waals surface area contributed by atoms with E-state index in [0.29, 0.717) is 0 Å². The minimum absolute atomic E-state index is 0.733. The van der Waals surface area contributed by atoms with Gasteiger partial charge in [0.2, 0.25) is 0 Å². The Kier molecular flexibility index (Phi) is 5.14. The molecule has 1 heterocycles. The first-order valence-electron chi connectivity index (χ1n) is 8.37. The van der Waals surface area contributed by atoms with E-state index in [4.69, 9.17) is 9.72 Å². The van der Waals surface area contributed by atoms with Gasteiger partial charge in [-0.2, -0.15) is 0 Å². The molecule has 0 radical (unpaired) electrons. The summed E-state index contributed by atoms with van der Waals surface area (Å²) in [4.78, 5) is 8.79. The normalized spacial score (nSPS) is 18.2. The Bertz CT molecular complexity index is 454. The van der Waals surface area contributed by atoms with E-state index in [2.05, 4.69) is 17.1 Å². The van der Waals surface area contributed by atoms with Gasteiger partial charge in [0.1, 0.15) is 0 Å². The quantitative estimate of drug-likeness (QED) is 0.674. The van der Waals surface area contributed by atoms with Crippen LogP contribution in [0.25, 0.3) is 0 Å². The van der Waals surface area contributed by atoms with E-state index in [9.17, 15) is 0 Å². The molecule has 0 atom stereocenters. The van der Waals surface area contributed by atoms with Crippen molar-refractivity contribution in [2.24, 2.45) is 0 Å². The fourth-order valence-corrected chi connectivity index (χ4v) is 3.71. The molecule has 2 saturated carbocycles. The Hall–Kier alpha value is -0.650. The van der Waals surface area contributed by atoms with E-state index in [-0.39, 0.29) is 0 Å². The Morgan fingerprint density at radius 1 is 1.29 bits per heavy atom. The summed E-state index contributed by atoms with van der Waals surface area (Å²) in [6.45, 7) is 8.78. The van der Waals surface area contributed by atoms with E-state index in [1.54, 1.807) is 0 Å². The first-order chi connectivity index (χ1) is 10.3.